The number of para-hydroxylation sites is 2. The van der Waals surface area contributed by atoms with E-state index in [9.17, 15) is 0 Å². The number of thiophene rings is 1. The Bertz CT molecular complexity index is 3590. The van der Waals surface area contributed by atoms with Crippen molar-refractivity contribution >= 4 is 103 Å². The monoisotopic (exact) mass is 719 g/mol. The van der Waals surface area contributed by atoms with Gasteiger partial charge in [0.15, 0.2) is 0 Å². The molecule has 0 fully saturated rings. The first-order valence-corrected chi connectivity index (χ1v) is 19.9. The van der Waals surface area contributed by atoms with E-state index in [4.69, 9.17) is 0 Å². The number of anilines is 3. The number of benzene rings is 8. The largest absolute Gasteiger partial charge is 0.310 e. The standard InChI is InChI=1S/C51H33N3S/c1-51(2)39-16-7-3-12-32(39)33-24-22-30(28-40(33)51)52(44-19-11-21-47-48(44)38-15-6-10-20-46(38)55-47)31-23-27-43-45(29-31)54-42-18-9-5-14-35(42)37-26-25-36-34-13-4-8-17-41(34)53(43)49(36)50(37)54/h3-29H,1-2H3. The zero-order valence-electron chi connectivity index (χ0n) is 30.3. The van der Waals surface area contributed by atoms with Crippen molar-refractivity contribution in [3.63, 3.8) is 0 Å². The first-order chi connectivity index (χ1) is 27.1. The summed E-state index contributed by atoms with van der Waals surface area (Å²) in [6.45, 7) is 4.75. The highest BCUT2D eigenvalue weighted by atomic mass is 32.1. The van der Waals surface area contributed by atoms with Crippen molar-refractivity contribution in [2.24, 2.45) is 0 Å². The van der Waals surface area contributed by atoms with E-state index in [1.807, 2.05) is 11.3 Å². The summed E-state index contributed by atoms with van der Waals surface area (Å²) in [4.78, 5) is 2.52. The molecule has 0 spiro atoms. The van der Waals surface area contributed by atoms with Crippen LogP contribution in [-0.2, 0) is 5.41 Å². The van der Waals surface area contributed by atoms with Crippen molar-refractivity contribution in [1.82, 2.24) is 8.80 Å². The van der Waals surface area contributed by atoms with E-state index in [1.54, 1.807) is 0 Å². The van der Waals surface area contributed by atoms with Crippen LogP contribution in [0.2, 0.25) is 0 Å². The number of aromatic nitrogens is 2. The Morgan fingerprint density at radius 1 is 0.436 bits per heavy atom. The van der Waals surface area contributed by atoms with Gasteiger partial charge in [-0.25, -0.2) is 0 Å². The summed E-state index contributed by atoms with van der Waals surface area (Å²) in [7, 11) is 0. The Morgan fingerprint density at radius 3 is 1.82 bits per heavy atom. The van der Waals surface area contributed by atoms with Crippen molar-refractivity contribution in [2.45, 2.75) is 19.3 Å². The summed E-state index contributed by atoms with van der Waals surface area (Å²) in [6.07, 6.45) is 0. The molecule has 3 nitrogen and oxygen atoms in total. The maximum Gasteiger partial charge on any atom is 0.0789 e. The molecule has 4 heterocycles. The van der Waals surface area contributed by atoms with E-state index in [-0.39, 0.29) is 5.41 Å². The fourth-order valence-electron chi connectivity index (χ4n) is 10.2. The molecular formula is C51H33N3S. The Labute approximate surface area is 320 Å². The van der Waals surface area contributed by atoms with Gasteiger partial charge in [-0.1, -0.05) is 117 Å². The third-order valence-electron chi connectivity index (χ3n) is 12.6. The van der Waals surface area contributed by atoms with Gasteiger partial charge in [-0.05, 0) is 82.9 Å². The summed E-state index contributed by atoms with van der Waals surface area (Å²) < 4.78 is 7.65. The van der Waals surface area contributed by atoms with Crippen LogP contribution in [0, 0.1) is 0 Å². The molecule has 0 radical (unpaired) electrons. The summed E-state index contributed by atoms with van der Waals surface area (Å²) in [5.74, 6) is 0. The Hall–Kier alpha value is -6.62. The second kappa shape index (κ2) is 10.3. The van der Waals surface area contributed by atoms with Gasteiger partial charge in [-0.15, -0.1) is 11.3 Å². The smallest absolute Gasteiger partial charge is 0.0789 e. The van der Waals surface area contributed by atoms with Gasteiger partial charge in [0.2, 0.25) is 0 Å². The highest BCUT2D eigenvalue weighted by Crippen LogP contribution is 2.52. The zero-order valence-corrected chi connectivity index (χ0v) is 31.2. The van der Waals surface area contributed by atoms with E-state index in [0.29, 0.717) is 0 Å². The van der Waals surface area contributed by atoms with Gasteiger partial charge in [-0.3, -0.25) is 0 Å². The van der Waals surface area contributed by atoms with Gasteiger partial charge in [0, 0.05) is 58.5 Å². The van der Waals surface area contributed by atoms with E-state index in [0.717, 1.165) is 11.4 Å². The number of hydrogen-bond acceptors (Lipinski definition) is 2. The lowest BCUT2D eigenvalue weighted by molar-refractivity contribution is 0.660. The molecule has 0 saturated heterocycles. The van der Waals surface area contributed by atoms with E-state index >= 15 is 0 Å². The van der Waals surface area contributed by atoms with Crippen LogP contribution in [0.4, 0.5) is 17.1 Å². The SMILES string of the molecule is CC1(C)c2ccccc2-c2ccc(N(c3ccc4c(c3)n3c5ccccc5c5ccc6c7ccccc7n4c6c53)c3cccc4sc5ccccc5c34)cc21. The topological polar surface area (TPSA) is 12.1 Å². The van der Waals surface area contributed by atoms with Crippen LogP contribution >= 0.6 is 11.3 Å². The van der Waals surface area contributed by atoms with Crippen LogP contribution in [0.1, 0.15) is 25.0 Å². The minimum Gasteiger partial charge on any atom is -0.310 e. The molecular weight excluding hydrogens is 687 g/mol. The number of hydrogen-bond donors (Lipinski definition) is 0. The van der Waals surface area contributed by atoms with Gasteiger partial charge in [-0.2, -0.15) is 0 Å². The molecule has 0 unspecified atom stereocenters. The van der Waals surface area contributed by atoms with Gasteiger partial charge in [0.25, 0.3) is 0 Å². The molecule has 8 aromatic carbocycles. The third kappa shape index (κ3) is 3.70. The number of fused-ring (bicyclic) bond motifs is 15. The molecule has 0 saturated carbocycles. The Kier molecular flexibility index (Phi) is 5.59. The molecule has 0 amide bonds. The summed E-state index contributed by atoms with van der Waals surface area (Å²) >= 11 is 1.87. The first kappa shape index (κ1) is 29.8. The number of nitrogens with zero attached hydrogens (tertiary/aromatic N) is 3. The van der Waals surface area contributed by atoms with Gasteiger partial charge < -0.3 is 13.7 Å². The highest BCUT2D eigenvalue weighted by Gasteiger charge is 2.36. The van der Waals surface area contributed by atoms with E-state index in [2.05, 4.69) is 191 Å². The minimum absolute atomic E-state index is 0.120. The molecule has 0 atom stereocenters. The van der Waals surface area contributed by atoms with Gasteiger partial charge >= 0.3 is 0 Å². The van der Waals surface area contributed by atoms with Crippen LogP contribution in [0.15, 0.2) is 164 Å². The van der Waals surface area contributed by atoms with Crippen molar-refractivity contribution in [2.75, 3.05) is 4.90 Å². The lowest BCUT2D eigenvalue weighted by Crippen LogP contribution is -2.16. The average molecular weight is 720 g/mol. The fourth-order valence-corrected chi connectivity index (χ4v) is 11.3. The molecule has 258 valence electrons. The van der Waals surface area contributed by atoms with Crippen molar-refractivity contribution in [3.05, 3.63) is 175 Å². The molecule has 13 rings (SSSR count). The first-order valence-electron chi connectivity index (χ1n) is 19.1. The average Bonchev–Trinajstić information content (AvgIpc) is 3.94. The molecule has 1 aliphatic rings. The molecule has 0 N–H and O–H groups in total. The molecule has 4 heteroatoms. The molecule has 1 aliphatic carbocycles. The second-order valence-electron chi connectivity index (χ2n) is 15.7. The molecule has 55 heavy (non-hydrogen) atoms. The van der Waals surface area contributed by atoms with Crippen molar-refractivity contribution in [3.8, 4) is 11.1 Å². The van der Waals surface area contributed by atoms with Crippen LogP contribution < -0.4 is 4.90 Å². The second-order valence-corrected chi connectivity index (χ2v) is 16.8. The third-order valence-corrected chi connectivity index (χ3v) is 13.8. The fraction of sp³-hybridized carbons (Fsp3) is 0.0588. The van der Waals surface area contributed by atoms with Crippen LogP contribution in [-0.4, -0.2) is 8.80 Å². The lowest BCUT2D eigenvalue weighted by Gasteiger charge is -2.29. The molecule has 4 aromatic heterocycles. The predicted octanol–water partition coefficient (Wildman–Crippen LogP) is 14.4. The minimum atomic E-state index is -0.120. The van der Waals surface area contributed by atoms with Crippen LogP contribution in [0.3, 0.4) is 0 Å². The molecule has 0 bridgehead atoms. The summed E-state index contributed by atoms with van der Waals surface area (Å²) in [5.41, 5.74) is 16.2. The highest BCUT2D eigenvalue weighted by molar-refractivity contribution is 7.26. The lowest BCUT2D eigenvalue weighted by atomic mass is 9.82. The zero-order chi connectivity index (χ0) is 36.2. The normalized spacial score (nSPS) is 13.8. The summed E-state index contributed by atoms with van der Waals surface area (Å²) in [5, 5.41) is 7.73. The van der Waals surface area contributed by atoms with Crippen molar-refractivity contribution in [1.29, 1.82) is 0 Å². The van der Waals surface area contributed by atoms with Crippen LogP contribution in [0.25, 0.3) is 85.9 Å². The predicted molar refractivity (Wildman–Crippen MR) is 235 cm³/mol. The van der Waals surface area contributed by atoms with Crippen molar-refractivity contribution < 1.29 is 0 Å². The van der Waals surface area contributed by atoms with Gasteiger partial charge in [0.1, 0.15) is 0 Å². The van der Waals surface area contributed by atoms with E-state index < -0.39 is 0 Å². The number of rotatable bonds is 3. The Balaban J connectivity index is 1.17. The summed E-state index contributed by atoms with van der Waals surface area (Å²) in [6, 6.07) is 61.4. The van der Waals surface area contributed by atoms with Crippen LogP contribution in [0.5, 0.6) is 0 Å². The quantitative estimate of drug-likeness (QED) is 0.166. The molecule has 12 aromatic rings. The molecule has 0 aliphatic heterocycles. The van der Waals surface area contributed by atoms with Gasteiger partial charge in [0.05, 0.1) is 38.8 Å². The maximum atomic E-state index is 2.53. The Morgan fingerprint density at radius 2 is 1.04 bits per heavy atom. The maximum absolute atomic E-state index is 2.53. The van der Waals surface area contributed by atoms with E-state index in [1.165, 1.54) is 103 Å².